The summed E-state index contributed by atoms with van der Waals surface area (Å²) in [6.07, 6.45) is 2.71. The molecule has 0 saturated carbocycles. The Kier molecular flexibility index (Phi) is 9.12. The van der Waals surface area contributed by atoms with Crippen molar-refractivity contribution >= 4 is 58.2 Å². The average Bonchev–Trinajstić information content (AvgIpc) is 3.47. The molecule has 2 aliphatic rings. The van der Waals surface area contributed by atoms with E-state index in [1.165, 1.54) is 0 Å². The molecule has 0 radical (unpaired) electrons. The lowest BCUT2D eigenvalue weighted by Gasteiger charge is -2.34. The Morgan fingerprint density at radius 1 is 1.23 bits per heavy atom. The number of likely N-dealkylation sites (tertiary alicyclic amines) is 1. The molecule has 224 valence electrons. The van der Waals surface area contributed by atoms with Crippen LogP contribution in [0.4, 0.5) is 0 Å². The van der Waals surface area contributed by atoms with Crippen molar-refractivity contribution in [1.29, 1.82) is 5.26 Å². The molecule has 1 fully saturated rings. The number of halogens is 2. The predicted octanol–water partition coefficient (Wildman–Crippen LogP) is 1.22. The second-order valence-corrected chi connectivity index (χ2v) is 11.1. The number of hydrogen-bond acceptors (Lipinski definition) is 8. The molecular formula is C28H28Cl2N8O5. The fourth-order valence-electron chi connectivity index (χ4n) is 5.21. The molecule has 1 aromatic heterocycles. The lowest BCUT2D eigenvalue weighted by molar-refractivity contribution is -0.109. The van der Waals surface area contributed by atoms with Crippen LogP contribution in [-0.2, 0) is 17.8 Å². The summed E-state index contributed by atoms with van der Waals surface area (Å²) in [6.45, 7) is 0.773. The van der Waals surface area contributed by atoms with Gasteiger partial charge < -0.3 is 30.1 Å². The third-order valence-corrected chi connectivity index (χ3v) is 8.26. The van der Waals surface area contributed by atoms with Crippen LogP contribution in [0, 0.1) is 11.5 Å². The van der Waals surface area contributed by atoms with Crippen LogP contribution in [0.5, 0.6) is 0 Å². The highest BCUT2D eigenvalue weighted by molar-refractivity contribution is 6.40. The number of aliphatic imine (C=N–C) groups is 1. The maximum absolute atomic E-state index is 13.2. The van der Waals surface area contributed by atoms with Crippen LogP contribution >= 0.6 is 23.2 Å². The molecule has 0 spiro atoms. The largest absolute Gasteiger partial charge is 0.390 e. The second-order valence-electron chi connectivity index (χ2n) is 10.3. The molecule has 0 bridgehead atoms. The lowest BCUT2D eigenvalue weighted by Crippen LogP contribution is -2.52. The van der Waals surface area contributed by atoms with Gasteiger partial charge >= 0.3 is 0 Å². The Morgan fingerprint density at radius 3 is 2.79 bits per heavy atom. The fraction of sp³-hybridized carbons (Fsp3) is 0.357. The van der Waals surface area contributed by atoms with Crippen molar-refractivity contribution in [3.8, 4) is 6.19 Å². The van der Waals surface area contributed by atoms with Gasteiger partial charge in [0.05, 0.1) is 46.1 Å². The van der Waals surface area contributed by atoms with Crippen molar-refractivity contribution in [3.63, 3.8) is 0 Å². The van der Waals surface area contributed by atoms with Crippen LogP contribution in [0.1, 0.15) is 38.3 Å². The zero-order valence-electron chi connectivity index (χ0n) is 22.8. The van der Waals surface area contributed by atoms with Gasteiger partial charge in [0, 0.05) is 37.1 Å². The maximum Gasteiger partial charge on any atom is 0.254 e. The van der Waals surface area contributed by atoms with E-state index in [9.17, 15) is 24.6 Å². The molecular weight excluding hydrogens is 599 g/mol. The van der Waals surface area contributed by atoms with E-state index in [1.54, 1.807) is 40.4 Å². The number of guanidine groups is 1. The molecule has 5 N–H and O–H groups in total. The number of nitrogens with one attached hydrogen (secondary N) is 3. The number of carbonyl (C=O) groups excluding carboxylic acids is 3. The molecule has 0 aliphatic carbocycles. The number of aliphatic hydroxyl groups excluding tert-OH is 2. The minimum atomic E-state index is -1.08. The molecule has 2 aromatic carbocycles. The first-order chi connectivity index (χ1) is 20.7. The Morgan fingerprint density at radius 2 is 2.05 bits per heavy atom. The summed E-state index contributed by atoms with van der Waals surface area (Å²) in [7, 11) is 0. The number of nitriles is 1. The second kappa shape index (κ2) is 13.0. The summed E-state index contributed by atoms with van der Waals surface area (Å²) in [6, 6.07) is 5.85. The maximum atomic E-state index is 13.2. The van der Waals surface area contributed by atoms with E-state index in [0.29, 0.717) is 42.5 Å². The van der Waals surface area contributed by atoms with Gasteiger partial charge in [0.25, 0.3) is 11.8 Å². The van der Waals surface area contributed by atoms with E-state index >= 15 is 0 Å². The summed E-state index contributed by atoms with van der Waals surface area (Å²) in [5.74, 6) is -0.739. The minimum absolute atomic E-state index is 0.00546. The summed E-state index contributed by atoms with van der Waals surface area (Å²) in [4.78, 5) is 45.8. The smallest absolute Gasteiger partial charge is 0.254 e. The van der Waals surface area contributed by atoms with E-state index in [4.69, 9.17) is 28.5 Å². The van der Waals surface area contributed by atoms with Crippen LogP contribution in [0.15, 0.2) is 35.5 Å². The number of piperidine rings is 1. The van der Waals surface area contributed by atoms with E-state index in [2.05, 4.69) is 25.8 Å². The fourth-order valence-corrected chi connectivity index (χ4v) is 5.98. The van der Waals surface area contributed by atoms with E-state index in [-0.39, 0.29) is 53.5 Å². The molecule has 5 rings (SSSR count). The van der Waals surface area contributed by atoms with Gasteiger partial charge in [-0.3, -0.25) is 20.0 Å². The van der Waals surface area contributed by atoms with E-state index in [1.807, 2.05) is 6.07 Å². The number of fused-ring (bicyclic) bond motifs is 2. The Bertz CT molecular complexity index is 1640. The molecule has 0 unspecified atom stereocenters. The highest BCUT2D eigenvalue weighted by Crippen LogP contribution is 2.35. The first kappa shape index (κ1) is 30.2. The number of carbonyl (C=O) groups is 3. The number of aliphatic hydroxyl groups is 2. The zero-order valence-corrected chi connectivity index (χ0v) is 24.3. The molecule has 43 heavy (non-hydrogen) atoms. The van der Waals surface area contributed by atoms with Crippen molar-refractivity contribution in [2.24, 2.45) is 4.99 Å². The number of hydrogen-bond donors (Lipinski definition) is 5. The first-order valence-corrected chi connectivity index (χ1v) is 14.2. The van der Waals surface area contributed by atoms with Gasteiger partial charge in [-0.2, -0.15) is 10.4 Å². The molecule has 2 amide bonds. The summed E-state index contributed by atoms with van der Waals surface area (Å²) in [5, 5.41) is 41.8. The first-order valence-electron chi connectivity index (χ1n) is 13.5. The van der Waals surface area contributed by atoms with Crippen LogP contribution in [0.25, 0.3) is 10.9 Å². The van der Waals surface area contributed by atoms with Gasteiger partial charge in [-0.1, -0.05) is 29.3 Å². The van der Waals surface area contributed by atoms with Gasteiger partial charge in [-0.15, -0.1) is 0 Å². The van der Waals surface area contributed by atoms with Crippen molar-refractivity contribution in [2.45, 2.75) is 37.6 Å². The number of benzene rings is 2. The predicted molar refractivity (Wildman–Crippen MR) is 158 cm³/mol. The van der Waals surface area contributed by atoms with Crippen molar-refractivity contribution < 1.29 is 24.6 Å². The van der Waals surface area contributed by atoms with Gasteiger partial charge in [-0.05, 0) is 42.2 Å². The van der Waals surface area contributed by atoms with E-state index in [0.717, 1.165) is 10.9 Å². The molecule has 3 aromatic rings. The van der Waals surface area contributed by atoms with Gasteiger partial charge in [-0.25, -0.2) is 4.99 Å². The Labute approximate surface area is 256 Å². The molecule has 15 heteroatoms. The Hall–Kier alpha value is -4.22. The van der Waals surface area contributed by atoms with Crippen LogP contribution < -0.4 is 10.6 Å². The van der Waals surface area contributed by atoms with Crippen LogP contribution in [0.3, 0.4) is 0 Å². The SMILES string of the molecule is N#CNC(=NC[C@@H](C=O)NC(=O)c1c(Cl)cc2c(c1Cl)CCN(C(=O)c1ccc3cn[nH]c3c1)C2)N1CC[C@H](O)[C@@H](O)C1. The number of β-amino-alcohol motifs (C(OH)–C–C–N with tert-alkyl or cyclic N) is 1. The standard InChI is InChI=1S/C28H28Cl2N8O5/c29-20-7-17-11-37(27(43)15-1-2-16-9-34-36-21(16)8-15)5-3-19(17)25(30)24(20)26(42)35-18(13-39)10-32-28(33-14-31)38-6-4-22(40)23(41)12-38/h1-2,7-9,13,18,22-23,40-41H,3-6,10-12H2,(H,32,33)(H,34,36)(H,35,42)/t18-,22-,23-/m0/s1. The summed E-state index contributed by atoms with van der Waals surface area (Å²) in [5.41, 5.74) is 2.68. The topological polar surface area (TPSA) is 187 Å². The third-order valence-electron chi connectivity index (χ3n) is 7.54. The number of aromatic nitrogens is 2. The lowest BCUT2D eigenvalue weighted by atomic mass is 9.96. The molecule has 1 saturated heterocycles. The normalized spacial score (nSPS) is 19.4. The number of nitrogens with zero attached hydrogens (tertiary/aromatic N) is 5. The molecule has 2 aliphatic heterocycles. The van der Waals surface area contributed by atoms with E-state index < -0.39 is 24.2 Å². The van der Waals surface area contributed by atoms with Crippen molar-refractivity contribution in [3.05, 3.63) is 62.8 Å². The van der Waals surface area contributed by atoms with Gasteiger partial charge in [0.1, 0.15) is 12.3 Å². The highest BCUT2D eigenvalue weighted by atomic mass is 35.5. The number of aromatic amines is 1. The number of H-pyrrole nitrogens is 1. The average molecular weight is 627 g/mol. The quantitative estimate of drug-likeness (QED) is 0.0881. The Balaban J connectivity index is 1.28. The summed E-state index contributed by atoms with van der Waals surface area (Å²) >= 11 is 13.2. The monoisotopic (exact) mass is 626 g/mol. The number of rotatable bonds is 6. The van der Waals surface area contributed by atoms with Crippen molar-refractivity contribution in [1.82, 2.24) is 30.6 Å². The zero-order chi connectivity index (χ0) is 30.7. The third kappa shape index (κ3) is 6.42. The van der Waals surface area contributed by atoms with Crippen molar-refractivity contribution in [2.75, 3.05) is 26.2 Å². The molecule has 13 nitrogen and oxygen atoms in total. The molecule has 3 heterocycles. The minimum Gasteiger partial charge on any atom is -0.390 e. The highest BCUT2D eigenvalue weighted by Gasteiger charge is 2.30. The number of aldehydes is 1. The van der Waals surface area contributed by atoms with Crippen LogP contribution in [0.2, 0.25) is 10.0 Å². The molecule has 3 atom stereocenters. The van der Waals surface area contributed by atoms with Gasteiger partial charge in [0.2, 0.25) is 5.96 Å². The number of amides is 2. The van der Waals surface area contributed by atoms with Crippen LogP contribution in [-0.4, -0.2) is 98.7 Å². The summed E-state index contributed by atoms with van der Waals surface area (Å²) < 4.78 is 0. The van der Waals surface area contributed by atoms with Gasteiger partial charge in [0.15, 0.2) is 6.19 Å².